The highest BCUT2D eigenvalue weighted by Crippen LogP contribution is 2.61. The summed E-state index contributed by atoms with van der Waals surface area (Å²) in [7, 11) is 0. The molecule has 0 radical (unpaired) electrons. The van der Waals surface area contributed by atoms with E-state index in [1.807, 2.05) is 0 Å². The summed E-state index contributed by atoms with van der Waals surface area (Å²) in [4.78, 5) is 0. The van der Waals surface area contributed by atoms with Gasteiger partial charge in [0.25, 0.3) is 0 Å². The van der Waals surface area contributed by atoms with Gasteiger partial charge in [-0.2, -0.15) is 0 Å². The first-order valence-electron chi connectivity index (χ1n) is 11.2. The molecule has 4 fully saturated rings. The Morgan fingerprint density at radius 3 is 2.54 bits per heavy atom. The number of benzene rings is 1. The second-order valence-electron chi connectivity index (χ2n) is 10.3. The number of rotatable bonds is 1. The maximum atomic E-state index is 3.78. The van der Waals surface area contributed by atoms with Gasteiger partial charge in [0.15, 0.2) is 0 Å². The molecule has 1 atom stereocenters. The van der Waals surface area contributed by atoms with Crippen LogP contribution in [0.25, 0.3) is 10.9 Å². The molecule has 2 nitrogen and oxygen atoms in total. The highest BCUT2D eigenvalue weighted by atomic mass is 15.1. The predicted octanol–water partition coefficient (Wildman–Crippen LogP) is 5.09. The number of hydrogen-bond donors (Lipinski definition) is 1. The normalized spacial score (nSPS) is 40.2. The van der Waals surface area contributed by atoms with Gasteiger partial charge in [-0.3, -0.25) is 0 Å². The van der Waals surface area contributed by atoms with Gasteiger partial charge in [0.2, 0.25) is 0 Å². The Labute approximate surface area is 156 Å². The van der Waals surface area contributed by atoms with Crippen LogP contribution in [0.4, 0.5) is 0 Å². The fourth-order valence-corrected chi connectivity index (χ4v) is 8.31. The Balaban J connectivity index is 1.41. The molecule has 2 heterocycles. The topological polar surface area (TPSA) is 17.0 Å². The quantitative estimate of drug-likeness (QED) is 0.761. The molecule has 0 amide bonds. The summed E-state index contributed by atoms with van der Waals surface area (Å²) >= 11 is 0. The van der Waals surface area contributed by atoms with Crippen molar-refractivity contribution in [3.63, 3.8) is 0 Å². The first-order valence-corrected chi connectivity index (χ1v) is 11.2. The van der Waals surface area contributed by atoms with E-state index in [1.54, 1.807) is 41.5 Å². The lowest BCUT2D eigenvalue weighted by molar-refractivity contribution is -0.00513. The van der Waals surface area contributed by atoms with Crippen LogP contribution in [0, 0.1) is 17.8 Å². The van der Waals surface area contributed by atoms with Gasteiger partial charge in [-0.05, 0) is 104 Å². The minimum absolute atomic E-state index is 0.532. The molecule has 1 N–H and O–H groups in total. The van der Waals surface area contributed by atoms with Crippen molar-refractivity contribution in [2.24, 2.45) is 17.8 Å². The van der Waals surface area contributed by atoms with E-state index in [1.165, 1.54) is 44.0 Å². The first kappa shape index (κ1) is 14.7. The molecule has 0 spiro atoms. The fraction of sp³-hybridized carbons (Fsp3) is 0.667. The zero-order chi connectivity index (χ0) is 16.9. The lowest BCUT2D eigenvalue weighted by atomic mass is 9.48. The van der Waals surface area contributed by atoms with Crippen molar-refractivity contribution in [1.82, 2.24) is 9.88 Å². The number of nitrogens with one attached hydrogen (secondary N) is 1. The number of hydrogen-bond acceptors (Lipinski definition) is 1. The second-order valence-corrected chi connectivity index (χ2v) is 10.3. The summed E-state index contributed by atoms with van der Waals surface area (Å²) in [6.45, 7) is 2.29. The highest BCUT2D eigenvalue weighted by Gasteiger charge is 2.51. The second kappa shape index (κ2) is 4.95. The van der Waals surface area contributed by atoms with Crippen LogP contribution in [0.3, 0.4) is 0 Å². The van der Waals surface area contributed by atoms with Crippen LogP contribution >= 0.6 is 0 Å². The Bertz CT molecular complexity index is 867. The lowest BCUT2D eigenvalue weighted by Gasteiger charge is -2.57. The van der Waals surface area contributed by atoms with E-state index in [4.69, 9.17) is 0 Å². The summed E-state index contributed by atoms with van der Waals surface area (Å²) in [6.07, 6.45) is 13.0. The van der Waals surface area contributed by atoms with Crippen LogP contribution in [-0.2, 0) is 18.4 Å². The van der Waals surface area contributed by atoms with Crippen LogP contribution in [0.2, 0.25) is 0 Å². The minimum Gasteiger partial charge on any atom is -0.342 e. The SMILES string of the molecule is c1cc2c(cc1C13CC4CC(CC(C4)C1)C3)c1c3n2CCNC3CCC1. The minimum atomic E-state index is 0.532. The predicted molar refractivity (Wildman–Crippen MR) is 105 cm³/mol. The van der Waals surface area contributed by atoms with Crippen LogP contribution in [0.15, 0.2) is 18.2 Å². The number of fused-ring (bicyclic) bond motifs is 3. The molecule has 2 aromatic rings. The van der Waals surface area contributed by atoms with Gasteiger partial charge in [0.1, 0.15) is 0 Å². The van der Waals surface area contributed by atoms with Crippen molar-refractivity contribution < 1.29 is 0 Å². The van der Waals surface area contributed by atoms with E-state index in [9.17, 15) is 0 Å². The van der Waals surface area contributed by atoms with E-state index in [-0.39, 0.29) is 0 Å². The van der Waals surface area contributed by atoms with E-state index in [0.717, 1.165) is 30.8 Å². The Morgan fingerprint density at radius 2 is 1.77 bits per heavy atom. The molecule has 136 valence electrons. The summed E-state index contributed by atoms with van der Waals surface area (Å²) in [5, 5.41) is 5.39. The maximum Gasteiger partial charge on any atom is 0.0486 e. The van der Waals surface area contributed by atoms with Crippen molar-refractivity contribution in [2.45, 2.75) is 75.8 Å². The third kappa shape index (κ3) is 1.82. The van der Waals surface area contributed by atoms with E-state index in [0.29, 0.717) is 11.5 Å². The van der Waals surface area contributed by atoms with Crippen molar-refractivity contribution in [3.8, 4) is 0 Å². The van der Waals surface area contributed by atoms with Gasteiger partial charge >= 0.3 is 0 Å². The molecule has 8 rings (SSSR count). The molecule has 1 aromatic carbocycles. The van der Waals surface area contributed by atoms with Crippen molar-refractivity contribution >= 4 is 10.9 Å². The molecular formula is C24H30N2. The van der Waals surface area contributed by atoms with E-state index in [2.05, 4.69) is 28.1 Å². The maximum absolute atomic E-state index is 3.78. The number of nitrogens with zero attached hydrogens (tertiary/aromatic N) is 1. The van der Waals surface area contributed by atoms with Crippen LogP contribution in [0.5, 0.6) is 0 Å². The molecule has 4 saturated carbocycles. The number of aryl methyl sites for hydroxylation is 1. The van der Waals surface area contributed by atoms with Gasteiger partial charge in [0, 0.05) is 35.7 Å². The van der Waals surface area contributed by atoms with Crippen LogP contribution in [-0.4, -0.2) is 11.1 Å². The molecule has 1 aliphatic heterocycles. The fourth-order valence-electron chi connectivity index (χ4n) is 8.31. The average Bonchev–Trinajstić information content (AvgIpc) is 2.97. The van der Waals surface area contributed by atoms with Gasteiger partial charge in [0.05, 0.1) is 0 Å². The standard InChI is InChI=1S/C24H30N2/c1-2-19-20-11-18(24-12-15-8-16(13-24)10-17(9-15)14-24)4-5-22(20)26-7-6-25-21(3-1)23(19)26/h4-5,11,15-17,21,25H,1-3,6-10,12-14H2. The largest absolute Gasteiger partial charge is 0.342 e. The van der Waals surface area contributed by atoms with Gasteiger partial charge in [-0.15, -0.1) is 0 Å². The molecule has 4 bridgehead atoms. The zero-order valence-electron chi connectivity index (χ0n) is 15.8. The van der Waals surface area contributed by atoms with E-state index >= 15 is 0 Å². The van der Waals surface area contributed by atoms with Crippen molar-refractivity contribution in [2.75, 3.05) is 6.54 Å². The zero-order valence-corrected chi connectivity index (χ0v) is 15.8. The number of aromatic nitrogens is 1. The summed E-state index contributed by atoms with van der Waals surface area (Å²) in [6, 6.07) is 8.33. The molecular weight excluding hydrogens is 316 g/mol. The summed E-state index contributed by atoms with van der Waals surface area (Å²) in [5.74, 6) is 3.10. The first-order chi connectivity index (χ1) is 12.8. The summed E-state index contributed by atoms with van der Waals surface area (Å²) < 4.78 is 2.66. The van der Waals surface area contributed by atoms with Gasteiger partial charge in [-0.25, -0.2) is 0 Å². The third-order valence-electron chi connectivity index (χ3n) is 8.84. The van der Waals surface area contributed by atoms with Crippen molar-refractivity contribution in [1.29, 1.82) is 0 Å². The monoisotopic (exact) mass is 346 g/mol. The van der Waals surface area contributed by atoms with Crippen LogP contribution in [0.1, 0.15) is 74.2 Å². The molecule has 2 heteroatoms. The molecule has 5 aliphatic carbocycles. The molecule has 1 aromatic heterocycles. The third-order valence-corrected chi connectivity index (χ3v) is 8.84. The van der Waals surface area contributed by atoms with Crippen molar-refractivity contribution in [3.05, 3.63) is 35.0 Å². The molecule has 0 saturated heterocycles. The smallest absolute Gasteiger partial charge is 0.0486 e. The molecule has 1 unspecified atom stereocenters. The van der Waals surface area contributed by atoms with Crippen LogP contribution < -0.4 is 5.32 Å². The molecule has 6 aliphatic rings. The average molecular weight is 347 g/mol. The molecule has 26 heavy (non-hydrogen) atoms. The van der Waals surface area contributed by atoms with Gasteiger partial charge < -0.3 is 9.88 Å². The Morgan fingerprint density at radius 1 is 1.00 bits per heavy atom. The highest BCUT2D eigenvalue weighted by molar-refractivity contribution is 5.87. The summed E-state index contributed by atoms with van der Waals surface area (Å²) in [5.41, 5.74) is 7.09. The van der Waals surface area contributed by atoms with Gasteiger partial charge in [-0.1, -0.05) is 6.07 Å². The lowest BCUT2D eigenvalue weighted by Crippen LogP contribution is -2.48. The Kier molecular flexibility index (Phi) is 2.81. The Hall–Kier alpha value is -1.28. The van der Waals surface area contributed by atoms with E-state index < -0.39 is 0 Å².